The molecule has 0 aromatic heterocycles. The number of carboxylic acids is 1. The second-order valence-electron chi connectivity index (χ2n) is 6.33. The number of amides is 1. The highest BCUT2D eigenvalue weighted by molar-refractivity contribution is 5.79. The normalized spacial score (nSPS) is 12.5. The molecule has 2 aromatic rings. The molecule has 0 radical (unpaired) electrons. The fourth-order valence-electron chi connectivity index (χ4n) is 2.88. The molecule has 2 aromatic carbocycles. The van der Waals surface area contributed by atoms with Crippen LogP contribution < -0.4 is 9.47 Å². The van der Waals surface area contributed by atoms with Crippen molar-refractivity contribution in [2.24, 2.45) is 0 Å². The Morgan fingerprint density at radius 1 is 1.07 bits per heavy atom. The summed E-state index contributed by atoms with van der Waals surface area (Å²) in [4.78, 5) is 24.9. The van der Waals surface area contributed by atoms with Crippen molar-refractivity contribution in [3.05, 3.63) is 59.2 Å². The number of halogens is 2. The van der Waals surface area contributed by atoms with Gasteiger partial charge in [0.2, 0.25) is 5.91 Å². The first kappa shape index (κ1) is 19.6. The van der Waals surface area contributed by atoms with Crippen LogP contribution in [-0.2, 0) is 22.6 Å². The standard InChI is InChI=1S/C20H19F2NO5/c21-15-3-1-2-14(20(15)22)12-23(7-6-19(25)26)18(24)11-13-4-5-16-17(10-13)28-9-8-27-16/h1-5,10H,6-9,11-12H2,(H,25,26). The molecule has 1 aliphatic rings. The van der Waals surface area contributed by atoms with Gasteiger partial charge in [-0.25, -0.2) is 8.78 Å². The Balaban J connectivity index is 1.76. The molecule has 6 nitrogen and oxygen atoms in total. The predicted octanol–water partition coefficient (Wildman–Crippen LogP) is 2.78. The number of carboxylic acid groups (broad SMARTS) is 1. The Bertz CT molecular complexity index is 887. The van der Waals surface area contributed by atoms with Gasteiger partial charge < -0.3 is 19.5 Å². The van der Waals surface area contributed by atoms with Gasteiger partial charge in [0, 0.05) is 18.7 Å². The Hall–Kier alpha value is -3.16. The van der Waals surface area contributed by atoms with Crippen molar-refractivity contribution in [1.82, 2.24) is 4.90 Å². The zero-order chi connectivity index (χ0) is 20.1. The molecule has 0 saturated heterocycles. The summed E-state index contributed by atoms with van der Waals surface area (Å²) in [5.41, 5.74) is 0.634. The van der Waals surface area contributed by atoms with Crippen LogP contribution in [0.15, 0.2) is 36.4 Å². The van der Waals surface area contributed by atoms with E-state index in [1.165, 1.54) is 17.0 Å². The highest BCUT2D eigenvalue weighted by Gasteiger charge is 2.20. The topological polar surface area (TPSA) is 76.1 Å². The van der Waals surface area contributed by atoms with E-state index in [4.69, 9.17) is 14.6 Å². The van der Waals surface area contributed by atoms with E-state index >= 15 is 0 Å². The summed E-state index contributed by atoms with van der Waals surface area (Å²) >= 11 is 0. The molecule has 0 saturated carbocycles. The molecule has 8 heteroatoms. The first-order valence-corrected chi connectivity index (χ1v) is 8.75. The first-order chi connectivity index (χ1) is 13.4. The minimum absolute atomic E-state index is 0.0130. The maximum Gasteiger partial charge on any atom is 0.305 e. The second-order valence-corrected chi connectivity index (χ2v) is 6.33. The number of ether oxygens (including phenoxy) is 2. The van der Waals surface area contributed by atoms with Crippen LogP contribution in [0, 0.1) is 11.6 Å². The van der Waals surface area contributed by atoms with E-state index < -0.39 is 23.5 Å². The third kappa shape index (κ3) is 4.76. The van der Waals surface area contributed by atoms with E-state index in [1.807, 2.05) is 0 Å². The number of rotatable bonds is 7. The predicted molar refractivity (Wildman–Crippen MR) is 95.2 cm³/mol. The van der Waals surface area contributed by atoms with Gasteiger partial charge in [0.05, 0.1) is 12.8 Å². The lowest BCUT2D eigenvalue weighted by molar-refractivity contribution is -0.138. The van der Waals surface area contributed by atoms with E-state index in [9.17, 15) is 18.4 Å². The lowest BCUT2D eigenvalue weighted by Gasteiger charge is -2.23. The lowest BCUT2D eigenvalue weighted by Crippen LogP contribution is -2.34. The molecule has 1 aliphatic heterocycles. The Kier molecular flexibility index (Phi) is 6.08. The largest absolute Gasteiger partial charge is 0.486 e. The molecule has 1 heterocycles. The summed E-state index contributed by atoms with van der Waals surface area (Å²) in [6, 6.07) is 8.79. The smallest absolute Gasteiger partial charge is 0.305 e. The van der Waals surface area contributed by atoms with Crippen molar-refractivity contribution in [2.45, 2.75) is 19.4 Å². The number of benzene rings is 2. The van der Waals surface area contributed by atoms with Gasteiger partial charge in [0.1, 0.15) is 13.2 Å². The van der Waals surface area contributed by atoms with Crippen LogP contribution in [0.3, 0.4) is 0 Å². The summed E-state index contributed by atoms with van der Waals surface area (Å²) in [7, 11) is 0. The molecule has 1 amide bonds. The van der Waals surface area contributed by atoms with Gasteiger partial charge in [-0.05, 0) is 23.8 Å². The summed E-state index contributed by atoms with van der Waals surface area (Å²) in [5, 5.41) is 8.93. The fraction of sp³-hybridized carbons (Fsp3) is 0.300. The maximum atomic E-state index is 14.0. The van der Waals surface area contributed by atoms with Crippen LogP contribution in [0.5, 0.6) is 11.5 Å². The number of fused-ring (bicyclic) bond motifs is 1. The molecule has 28 heavy (non-hydrogen) atoms. The van der Waals surface area contributed by atoms with Crippen LogP contribution in [0.2, 0.25) is 0 Å². The molecular formula is C20H19F2NO5. The monoisotopic (exact) mass is 391 g/mol. The van der Waals surface area contributed by atoms with Crippen LogP contribution in [0.1, 0.15) is 17.5 Å². The van der Waals surface area contributed by atoms with Crippen molar-refractivity contribution < 1.29 is 33.0 Å². The molecule has 0 aliphatic carbocycles. The summed E-state index contributed by atoms with van der Waals surface area (Å²) in [6.07, 6.45) is -0.336. The van der Waals surface area contributed by atoms with Crippen LogP contribution in [0.25, 0.3) is 0 Å². The molecule has 0 bridgehead atoms. The second kappa shape index (κ2) is 8.69. The molecule has 0 fully saturated rings. The van der Waals surface area contributed by atoms with Gasteiger partial charge >= 0.3 is 5.97 Å². The summed E-state index contributed by atoms with van der Waals surface area (Å²) in [6.45, 7) is 0.524. The molecule has 0 unspecified atom stereocenters. The van der Waals surface area contributed by atoms with Crippen LogP contribution in [0.4, 0.5) is 8.78 Å². The Morgan fingerprint density at radius 2 is 1.82 bits per heavy atom. The van der Waals surface area contributed by atoms with Crippen LogP contribution >= 0.6 is 0 Å². The molecular weight excluding hydrogens is 372 g/mol. The third-order valence-corrected chi connectivity index (χ3v) is 4.30. The van der Waals surface area contributed by atoms with Gasteiger partial charge in [-0.2, -0.15) is 0 Å². The Morgan fingerprint density at radius 3 is 2.57 bits per heavy atom. The number of carbonyl (C=O) groups is 2. The van der Waals surface area contributed by atoms with Crippen LogP contribution in [-0.4, -0.2) is 41.6 Å². The Labute approximate surface area is 160 Å². The molecule has 3 rings (SSSR count). The van der Waals surface area contributed by atoms with Gasteiger partial charge in [0.25, 0.3) is 0 Å². The highest BCUT2D eigenvalue weighted by atomic mass is 19.2. The average molecular weight is 391 g/mol. The van der Waals surface area contributed by atoms with Gasteiger partial charge in [-0.1, -0.05) is 18.2 Å². The van der Waals surface area contributed by atoms with Crippen molar-refractivity contribution in [3.63, 3.8) is 0 Å². The molecule has 148 valence electrons. The number of carbonyl (C=O) groups excluding carboxylic acids is 1. The van der Waals surface area contributed by atoms with Gasteiger partial charge in [-0.3, -0.25) is 9.59 Å². The number of hydrogen-bond acceptors (Lipinski definition) is 4. The SMILES string of the molecule is O=C(O)CCN(Cc1cccc(F)c1F)C(=O)Cc1ccc2c(c1)OCCO2. The number of aliphatic carboxylic acids is 1. The lowest BCUT2D eigenvalue weighted by atomic mass is 10.1. The molecule has 0 atom stereocenters. The highest BCUT2D eigenvalue weighted by Crippen LogP contribution is 2.31. The minimum Gasteiger partial charge on any atom is -0.486 e. The fourth-order valence-corrected chi connectivity index (χ4v) is 2.88. The average Bonchev–Trinajstić information content (AvgIpc) is 2.68. The zero-order valence-electron chi connectivity index (χ0n) is 15.0. The van der Waals surface area contributed by atoms with E-state index in [-0.39, 0.29) is 31.5 Å². The quantitative estimate of drug-likeness (QED) is 0.786. The summed E-state index contributed by atoms with van der Waals surface area (Å²) in [5.74, 6) is -2.43. The van der Waals surface area contributed by atoms with Crippen molar-refractivity contribution in [2.75, 3.05) is 19.8 Å². The molecule has 0 spiro atoms. The van der Waals surface area contributed by atoms with E-state index in [0.717, 1.165) is 6.07 Å². The van der Waals surface area contributed by atoms with E-state index in [0.29, 0.717) is 30.3 Å². The van der Waals surface area contributed by atoms with E-state index in [2.05, 4.69) is 0 Å². The number of hydrogen-bond donors (Lipinski definition) is 1. The molecule has 1 N–H and O–H groups in total. The minimum atomic E-state index is -1.09. The number of nitrogens with zero attached hydrogens (tertiary/aromatic N) is 1. The van der Waals surface area contributed by atoms with Gasteiger partial charge in [-0.15, -0.1) is 0 Å². The van der Waals surface area contributed by atoms with Gasteiger partial charge in [0.15, 0.2) is 23.1 Å². The summed E-state index contributed by atoms with van der Waals surface area (Å²) < 4.78 is 38.4. The maximum absolute atomic E-state index is 14.0. The zero-order valence-corrected chi connectivity index (χ0v) is 15.0. The first-order valence-electron chi connectivity index (χ1n) is 8.75. The van der Waals surface area contributed by atoms with Crippen molar-refractivity contribution >= 4 is 11.9 Å². The van der Waals surface area contributed by atoms with E-state index in [1.54, 1.807) is 18.2 Å². The van der Waals surface area contributed by atoms with Crippen molar-refractivity contribution in [1.29, 1.82) is 0 Å². The third-order valence-electron chi connectivity index (χ3n) is 4.30. The van der Waals surface area contributed by atoms with Crippen molar-refractivity contribution in [3.8, 4) is 11.5 Å².